The zero-order valence-electron chi connectivity index (χ0n) is 22.7. The minimum Gasteiger partial charge on any atom is -0.454 e. The van der Waals surface area contributed by atoms with Crippen molar-refractivity contribution in [3.8, 4) is 0 Å². The number of nitrogens with zero attached hydrogens (tertiary/aromatic N) is 1. The van der Waals surface area contributed by atoms with E-state index in [0.29, 0.717) is 11.3 Å². The Morgan fingerprint density at radius 3 is 2.17 bits per heavy atom. The van der Waals surface area contributed by atoms with E-state index in [-0.39, 0.29) is 33.7 Å². The van der Waals surface area contributed by atoms with Gasteiger partial charge in [-0.2, -0.15) is 0 Å². The quantitative estimate of drug-likeness (QED) is 0.181. The first-order valence-electron chi connectivity index (χ1n) is 12.9. The number of amides is 3. The number of carbonyl (C=O) groups is 5. The lowest BCUT2D eigenvalue weighted by Crippen LogP contribution is -2.29. The zero-order chi connectivity index (χ0) is 29.3. The predicted octanol–water partition coefficient (Wildman–Crippen LogP) is 5.70. The lowest BCUT2D eigenvalue weighted by Gasteiger charge is -2.15. The molecular formula is C33H26N2O6. The monoisotopic (exact) mass is 546 g/mol. The average molecular weight is 547 g/mol. The maximum absolute atomic E-state index is 13.3. The minimum atomic E-state index is -0.793. The number of ketones is 1. The maximum atomic E-state index is 13.3. The van der Waals surface area contributed by atoms with Crippen molar-refractivity contribution >= 4 is 40.8 Å². The van der Waals surface area contributed by atoms with Gasteiger partial charge >= 0.3 is 5.97 Å². The molecule has 4 aromatic rings. The molecule has 0 atom stereocenters. The number of fused-ring (bicyclic) bond motifs is 1. The summed E-state index contributed by atoms with van der Waals surface area (Å²) < 4.78 is 5.20. The highest BCUT2D eigenvalue weighted by molar-refractivity contribution is 6.34. The van der Waals surface area contributed by atoms with Gasteiger partial charge in [-0.25, -0.2) is 9.69 Å². The lowest BCUT2D eigenvalue weighted by molar-refractivity contribution is 0.0474. The van der Waals surface area contributed by atoms with E-state index in [0.717, 1.165) is 21.6 Å². The number of Topliss-reactive ketones (excluding diaryl/α,β-unsaturated/α-hetero) is 1. The third kappa shape index (κ3) is 5.40. The molecule has 0 radical (unpaired) electrons. The zero-order valence-corrected chi connectivity index (χ0v) is 22.7. The highest BCUT2D eigenvalue weighted by atomic mass is 16.5. The van der Waals surface area contributed by atoms with E-state index in [1.54, 1.807) is 36.4 Å². The van der Waals surface area contributed by atoms with Crippen molar-refractivity contribution in [1.29, 1.82) is 0 Å². The third-order valence-corrected chi connectivity index (χ3v) is 7.05. The number of imide groups is 1. The van der Waals surface area contributed by atoms with Gasteiger partial charge in [0.1, 0.15) is 0 Å². The van der Waals surface area contributed by atoms with Crippen molar-refractivity contribution in [1.82, 2.24) is 0 Å². The van der Waals surface area contributed by atoms with Crippen molar-refractivity contribution in [2.75, 3.05) is 16.8 Å². The number of aryl methyl sites for hydroxylation is 3. The molecule has 3 amide bonds. The number of anilines is 2. The van der Waals surface area contributed by atoms with Gasteiger partial charge in [-0.15, -0.1) is 0 Å². The number of esters is 1. The normalized spacial score (nSPS) is 12.2. The van der Waals surface area contributed by atoms with Gasteiger partial charge in [0.05, 0.1) is 22.4 Å². The van der Waals surface area contributed by atoms with Gasteiger partial charge in [-0.3, -0.25) is 19.2 Å². The van der Waals surface area contributed by atoms with Crippen LogP contribution in [0.1, 0.15) is 68.5 Å². The van der Waals surface area contributed by atoms with Crippen LogP contribution in [0, 0.1) is 20.8 Å². The van der Waals surface area contributed by atoms with E-state index in [4.69, 9.17) is 4.74 Å². The van der Waals surface area contributed by atoms with Gasteiger partial charge in [0, 0.05) is 16.8 Å². The molecule has 4 aromatic carbocycles. The fourth-order valence-corrected chi connectivity index (χ4v) is 4.51. The lowest BCUT2D eigenvalue weighted by atomic mass is 10.0. The maximum Gasteiger partial charge on any atom is 0.338 e. The van der Waals surface area contributed by atoms with Crippen molar-refractivity contribution in [2.24, 2.45) is 0 Å². The summed E-state index contributed by atoms with van der Waals surface area (Å²) in [6.45, 7) is 5.23. The van der Waals surface area contributed by atoms with Crippen LogP contribution in [0.25, 0.3) is 0 Å². The molecule has 1 aliphatic heterocycles. The SMILES string of the molecule is Cc1ccc(C(=O)COC(=O)c2ccc3c(c2)C(=O)N(c2cccc(C(=O)Nc4ccccc4C)c2)C3=O)cc1C. The van der Waals surface area contributed by atoms with Crippen LogP contribution in [0.2, 0.25) is 0 Å². The standard InChI is InChI=1S/C33H26N2O6/c1-19-11-12-22(15-21(19)3)29(36)18-41-33(40)24-13-14-26-27(17-24)32(39)35(31(26)38)25-9-6-8-23(16-25)30(37)34-28-10-5-4-7-20(28)2/h4-17H,18H2,1-3H3,(H,34,37). The van der Waals surface area contributed by atoms with E-state index in [9.17, 15) is 24.0 Å². The second-order valence-corrected chi connectivity index (χ2v) is 9.82. The second-order valence-electron chi connectivity index (χ2n) is 9.82. The number of carbonyl (C=O) groups excluding carboxylic acids is 5. The van der Waals surface area contributed by atoms with Gasteiger partial charge in [0.2, 0.25) is 0 Å². The summed E-state index contributed by atoms with van der Waals surface area (Å²) in [7, 11) is 0. The molecular weight excluding hydrogens is 520 g/mol. The average Bonchev–Trinajstić information content (AvgIpc) is 3.22. The Labute approximate surface area is 236 Å². The van der Waals surface area contributed by atoms with Crippen molar-refractivity contribution in [3.05, 3.63) is 129 Å². The van der Waals surface area contributed by atoms with E-state index in [2.05, 4.69) is 5.32 Å². The van der Waals surface area contributed by atoms with E-state index >= 15 is 0 Å². The molecule has 0 aromatic heterocycles. The van der Waals surface area contributed by atoms with Crippen LogP contribution in [0.5, 0.6) is 0 Å². The van der Waals surface area contributed by atoms with Crippen LogP contribution in [0.4, 0.5) is 11.4 Å². The van der Waals surface area contributed by atoms with E-state index in [1.807, 2.05) is 45.0 Å². The first-order chi connectivity index (χ1) is 19.6. The molecule has 204 valence electrons. The molecule has 8 heteroatoms. The summed E-state index contributed by atoms with van der Waals surface area (Å²) >= 11 is 0. The summed E-state index contributed by atoms with van der Waals surface area (Å²) in [4.78, 5) is 65.6. The number of hydrogen-bond donors (Lipinski definition) is 1. The number of nitrogens with one attached hydrogen (secondary N) is 1. The molecule has 0 fully saturated rings. The van der Waals surface area contributed by atoms with E-state index < -0.39 is 30.3 Å². The molecule has 1 N–H and O–H groups in total. The van der Waals surface area contributed by atoms with E-state index in [1.165, 1.54) is 24.3 Å². The molecule has 0 bridgehead atoms. The summed E-state index contributed by atoms with van der Waals surface area (Å²) in [5.41, 5.74) is 4.63. The second kappa shape index (κ2) is 11.0. The first-order valence-corrected chi connectivity index (χ1v) is 12.9. The summed E-state index contributed by atoms with van der Waals surface area (Å²) in [5.74, 6) is -2.75. The Bertz CT molecular complexity index is 1760. The van der Waals surface area contributed by atoms with Gasteiger partial charge in [-0.1, -0.05) is 36.4 Å². The molecule has 0 unspecified atom stereocenters. The topological polar surface area (TPSA) is 110 Å². The van der Waals surface area contributed by atoms with Crippen LogP contribution in [0.15, 0.2) is 84.9 Å². The minimum absolute atomic E-state index is 0.0275. The van der Waals surface area contributed by atoms with Gasteiger partial charge in [-0.05, 0) is 86.0 Å². The first kappa shape index (κ1) is 27.2. The van der Waals surface area contributed by atoms with Gasteiger partial charge < -0.3 is 10.1 Å². The Balaban J connectivity index is 1.31. The van der Waals surface area contributed by atoms with Crippen LogP contribution < -0.4 is 10.2 Å². The molecule has 8 nitrogen and oxygen atoms in total. The summed E-state index contributed by atoms with van der Waals surface area (Å²) in [6.07, 6.45) is 0. The van der Waals surface area contributed by atoms with Gasteiger partial charge in [0.25, 0.3) is 17.7 Å². The molecule has 1 heterocycles. The number of para-hydroxylation sites is 1. The Kier molecular flexibility index (Phi) is 7.31. The van der Waals surface area contributed by atoms with Crippen LogP contribution in [-0.2, 0) is 4.74 Å². The number of benzene rings is 4. The number of hydrogen-bond acceptors (Lipinski definition) is 6. The van der Waals surface area contributed by atoms with Crippen molar-refractivity contribution in [3.63, 3.8) is 0 Å². The Hall–Kier alpha value is -5.37. The number of ether oxygens (including phenoxy) is 1. The van der Waals surface area contributed by atoms with Crippen molar-refractivity contribution < 1.29 is 28.7 Å². The third-order valence-electron chi connectivity index (χ3n) is 7.05. The van der Waals surface area contributed by atoms with Crippen molar-refractivity contribution in [2.45, 2.75) is 20.8 Å². The summed E-state index contributed by atoms with van der Waals surface area (Å²) in [5, 5.41) is 2.84. The summed E-state index contributed by atoms with van der Waals surface area (Å²) in [6, 6.07) is 22.8. The molecule has 0 spiro atoms. The predicted molar refractivity (Wildman–Crippen MR) is 154 cm³/mol. The van der Waals surface area contributed by atoms with Gasteiger partial charge in [0.15, 0.2) is 12.4 Å². The highest BCUT2D eigenvalue weighted by Crippen LogP contribution is 2.30. The van der Waals surface area contributed by atoms with Crippen LogP contribution >= 0.6 is 0 Å². The molecule has 0 saturated carbocycles. The largest absolute Gasteiger partial charge is 0.454 e. The Morgan fingerprint density at radius 2 is 1.41 bits per heavy atom. The molecule has 1 aliphatic rings. The molecule has 41 heavy (non-hydrogen) atoms. The molecule has 0 aliphatic carbocycles. The van der Waals surface area contributed by atoms with Crippen LogP contribution in [-0.4, -0.2) is 36.1 Å². The fraction of sp³-hybridized carbons (Fsp3) is 0.121. The van der Waals surface area contributed by atoms with Crippen LogP contribution in [0.3, 0.4) is 0 Å². The Morgan fingerprint density at radius 1 is 0.683 bits per heavy atom. The fourth-order valence-electron chi connectivity index (χ4n) is 4.51. The highest BCUT2D eigenvalue weighted by Gasteiger charge is 2.37. The molecule has 5 rings (SSSR count). The molecule has 0 saturated heterocycles. The number of rotatable bonds is 7. The smallest absolute Gasteiger partial charge is 0.338 e.